The highest BCUT2D eigenvalue weighted by atomic mass is 16.2. The Bertz CT molecular complexity index is 726. The minimum atomic E-state index is -0.0965. The summed E-state index contributed by atoms with van der Waals surface area (Å²) in [6.45, 7) is 5.39. The van der Waals surface area contributed by atoms with Crippen molar-refractivity contribution < 1.29 is 9.59 Å². The zero-order valence-electron chi connectivity index (χ0n) is 14.1. The van der Waals surface area contributed by atoms with Crippen molar-refractivity contribution >= 4 is 11.8 Å². The van der Waals surface area contributed by atoms with Crippen molar-refractivity contribution in [3.05, 3.63) is 53.9 Å². The maximum absolute atomic E-state index is 12.6. The quantitative estimate of drug-likeness (QED) is 0.861. The van der Waals surface area contributed by atoms with Crippen LogP contribution < -0.4 is 0 Å². The first-order valence-electron chi connectivity index (χ1n) is 8.13. The van der Waals surface area contributed by atoms with E-state index in [1.54, 1.807) is 17.8 Å². The summed E-state index contributed by atoms with van der Waals surface area (Å²) in [6, 6.07) is 9.78. The van der Waals surface area contributed by atoms with Gasteiger partial charge in [-0.25, -0.2) is 0 Å². The Kier molecular flexibility index (Phi) is 4.64. The fraction of sp³-hybridized carbons (Fsp3) is 0.389. The molecule has 1 aliphatic heterocycles. The topological polar surface area (TPSA) is 58.4 Å². The third-order valence-electron chi connectivity index (χ3n) is 4.38. The van der Waals surface area contributed by atoms with E-state index in [0.29, 0.717) is 19.6 Å². The number of piperazine rings is 1. The smallest absolute Gasteiger partial charge is 0.244 e. The molecule has 126 valence electrons. The summed E-state index contributed by atoms with van der Waals surface area (Å²) >= 11 is 0. The second kappa shape index (κ2) is 6.86. The molecule has 2 heterocycles. The van der Waals surface area contributed by atoms with Gasteiger partial charge in [0.05, 0.1) is 12.2 Å². The minimum Gasteiger partial charge on any atom is -0.337 e. The number of amides is 2. The molecule has 0 aliphatic carbocycles. The summed E-state index contributed by atoms with van der Waals surface area (Å²) in [5.74, 6) is 0.0703. The lowest BCUT2D eigenvalue weighted by atomic mass is 10.0. The SMILES string of the molecule is CC(=O)N1CCN(C(=O)Cn2cc(C)cn2)CC1c1ccccc1. The molecule has 1 unspecified atom stereocenters. The summed E-state index contributed by atoms with van der Waals surface area (Å²) in [4.78, 5) is 28.2. The number of aromatic nitrogens is 2. The average molecular weight is 326 g/mol. The summed E-state index contributed by atoms with van der Waals surface area (Å²) in [5.41, 5.74) is 2.09. The number of rotatable bonds is 3. The van der Waals surface area contributed by atoms with E-state index in [2.05, 4.69) is 5.10 Å². The Morgan fingerprint density at radius 1 is 1.21 bits per heavy atom. The molecule has 1 aromatic carbocycles. The highest BCUT2D eigenvalue weighted by Gasteiger charge is 2.31. The van der Waals surface area contributed by atoms with Crippen molar-refractivity contribution in [2.45, 2.75) is 26.4 Å². The van der Waals surface area contributed by atoms with Gasteiger partial charge in [0.2, 0.25) is 11.8 Å². The Hall–Kier alpha value is -2.63. The normalized spacial score (nSPS) is 17.8. The molecule has 6 nitrogen and oxygen atoms in total. The first-order valence-corrected chi connectivity index (χ1v) is 8.13. The Balaban J connectivity index is 1.75. The number of carbonyl (C=O) groups is 2. The molecule has 2 amide bonds. The molecule has 3 rings (SSSR count). The predicted octanol–water partition coefficient (Wildman–Crippen LogP) is 1.62. The van der Waals surface area contributed by atoms with Crippen molar-refractivity contribution in [3.63, 3.8) is 0 Å². The van der Waals surface area contributed by atoms with E-state index in [9.17, 15) is 9.59 Å². The second-order valence-corrected chi connectivity index (χ2v) is 6.19. The molecule has 0 bridgehead atoms. The van der Waals surface area contributed by atoms with Crippen molar-refractivity contribution in [3.8, 4) is 0 Å². The van der Waals surface area contributed by atoms with Crippen LogP contribution in [-0.2, 0) is 16.1 Å². The molecule has 24 heavy (non-hydrogen) atoms. The first-order chi connectivity index (χ1) is 11.5. The summed E-state index contributed by atoms with van der Waals surface area (Å²) < 4.78 is 1.66. The molecule has 0 saturated carbocycles. The van der Waals surface area contributed by atoms with Crippen molar-refractivity contribution in [2.24, 2.45) is 0 Å². The van der Waals surface area contributed by atoms with Gasteiger partial charge in [0.15, 0.2) is 0 Å². The maximum Gasteiger partial charge on any atom is 0.244 e. The number of hydrogen-bond donors (Lipinski definition) is 0. The second-order valence-electron chi connectivity index (χ2n) is 6.19. The lowest BCUT2D eigenvalue weighted by molar-refractivity contribution is -0.142. The molecular formula is C18H22N4O2. The number of benzene rings is 1. The summed E-state index contributed by atoms with van der Waals surface area (Å²) in [6.07, 6.45) is 3.60. The van der Waals surface area contributed by atoms with Crippen LogP contribution in [0.1, 0.15) is 24.1 Å². The van der Waals surface area contributed by atoms with Crippen LogP contribution in [0.5, 0.6) is 0 Å². The molecule has 0 N–H and O–H groups in total. The van der Waals surface area contributed by atoms with Crippen LogP contribution >= 0.6 is 0 Å². The molecule has 6 heteroatoms. The molecule has 0 radical (unpaired) electrons. The number of carbonyl (C=O) groups excluding carboxylic acids is 2. The zero-order valence-corrected chi connectivity index (χ0v) is 14.1. The van der Waals surface area contributed by atoms with E-state index in [-0.39, 0.29) is 24.4 Å². The monoisotopic (exact) mass is 326 g/mol. The van der Waals surface area contributed by atoms with Gasteiger partial charge in [-0.3, -0.25) is 14.3 Å². The molecule has 2 aromatic rings. The zero-order chi connectivity index (χ0) is 17.1. The van der Waals surface area contributed by atoms with Gasteiger partial charge in [0, 0.05) is 32.8 Å². The van der Waals surface area contributed by atoms with E-state index < -0.39 is 0 Å². The summed E-state index contributed by atoms with van der Waals surface area (Å²) in [7, 11) is 0. The third kappa shape index (κ3) is 3.48. The predicted molar refractivity (Wildman–Crippen MR) is 90.1 cm³/mol. The van der Waals surface area contributed by atoms with E-state index >= 15 is 0 Å². The van der Waals surface area contributed by atoms with E-state index in [1.165, 1.54) is 0 Å². The Morgan fingerprint density at radius 2 is 1.96 bits per heavy atom. The lowest BCUT2D eigenvalue weighted by Crippen LogP contribution is -2.52. The standard InChI is InChI=1S/C18H22N4O2/c1-14-10-19-21(11-14)13-18(24)20-8-9-22(15(2)23)17(12-20)16-6-4-3-5-7-16/h3-7,10-11,17H,8-9,12-13H2,1-2H3. The van der Waals surface area contributed by atoms with Gasteiger partial charge in [-0.1, -0.05) is 30.3 Å². The molecule has 1 aliphatic rings. The number of aryl methyl sites for hydroxylation is 1. The average Bonchev–Trinajstić information content (AvgIpc) is 3.00. The fourth-order valence-corrected chi connectivity index (χ4v) is 3.14. The Labute approximate surface area is 141 Å². The van der Waals surface area contributed by atoms with Crippen LogP contribution in [0.3, 0.4) is 0 Å². The largest absolute Gasteiger partial charge is 0.337 e. The van der Waals surface area contributed by atoms with Crippen LogP contribution in [0, 0.1) is 6.92 Å². The van der Waals surface area contributed by atoms with Gasteiger partial charge in [-0.2, -0.15) is 5.10 Å². The van der Waals surface area contributed by atoms with Crippen molar-refractivity contribution in [2.75, 3.05) is 19.6 Å². The third-order valence-corrected chi connectivity index (χ3v) is 4.38. The van der Waals surface area contributed by atoms with Crippen LogP contribution in [0.2, 0.25) is 0 Å². The minimum absolute atomic E-state index is 0.0298. The first kappa shape index (κ1) is 16.2. The summed E-state index contributed by atoms with van der Waals surface area (Å²) in [5, 5.41) is 4.18. The molecule has 1 aromatic heterocycles. The van der Waals surface area contributed by atoms with Crippen molar-refractivity contribution in [1.29, 1.82) is 0 Å². The van der Waals surface area contributed by atoms with Gasteiger partial charge in [0.1, 0.15) is 6.54 Å². The van der Waals surface area contributed by atoms with Crippen molar-refractivity contribution in [1.82, 2.24) is 19.6 Å². The van der Waals surface area contributed by atoms with Gasteiger partial charge in [-0.05, 0) is 18.1 Å². The maximum atomic E-state index is 12.6. The van der Waals surface area contributed by atoms with E-state index in [0.717, 1.165) is 11.1 Å². The van der Waals surface area contributed by atoms with E-state index in [1.807, 2.05) is 53.3 Å². The number of hydrogen-bond acceptors (Lipinski definition) is 3. The molecule has 1 fully saturated rings. The van der Waals surface area contributed by atoms with Crippen LogP contribution in [-0.4, -0.2) is 51.0 Å². The van der Waals surface area contributed by atoms with Crippen LogP contribution in [0.4, 0.5) is 0 Å². The van der Waals surface area contributed by atoms with Gasteiger partial charge in [-0.15, -0.1) is 0 Å². The highest BCUT2D eigenvalue weighted by molar-refractivity contribution is 5.77. The lowest BCUT2D eigenvalue weighted by Gasteiger charge is -2.41. The molecule has 1 atom stereocenters. The molecule has 1 saturated heterocycles. The molecule has 0 spiro atoms. The Morgan fingerprint density at radius 3 is 2.58 bits per heavy atom. The fourth-order valence-electron chi connectivity index (χ4n) is 3.14. The highest BCUT2D eigenvalue weighted by Crippen LogP contribution is 2.25. The van der Waals surface area contributed by atoms with E-state index in [4.69, 9.17) is 0 Å². The van der Waals surface area contributed by atoms with Crippen LogP contribution in [0.25, 0.3) is 0 Å². The van der Waals surface area contributed by atoms with Gasteiger partial charge < -0.3 is 9.80 Å². The molecular weight excluding hydrogens is 304 g/mol. The van der Waals surface area contributed by atoms with Gasteiger partial charge >= 0.3 is 0 Å². The number of nitrogens with zero attached hydrogens (tertiary/aromatic N) is 4. The van der Waals surface area contributed by atoms with Crippen LogP contribution in [0.15, 0.2) is 42.7 Å². The van der Waals surface area contributed by atoms with Gasteiger partial charge in [0.25, 0.3) is 0 Å².